The van der Waals surface area contributed by atoms with Gasteiger partial charge in [-0.3, -0.25) is 14.6 Å². The fourth-order valence-corrected chi connectivity index (χ4v) is 5.06. The highest BCUT2D eigenvalue weighted by Crippen LogP contribution is 2.44. The molecule has 1 aliphatic carbocycles. The summed E-state index contributed by atoms with van der Waals surface area (Å²) >= 11 is 0. The zero-order valence-corrected chi connectivity index (χ0v) is 17.2. The van der Waals surface area contributed by atoms with Crippen LogP contribution in [0.3, 0.4) is 0 Å². The molecule has 5 heteroatoms. The van der Waals surface area contributed by atoms with Gasteiger partial charge in [0.2, 0.25) is 0 Å². The number of carbonyl (C=O) groups is 1. The van der Waals surface area contributed by atoms with Crippen molar-refractivity contribution in [3.8, 4) is 0 Å². The third-order valence-electron chi connectivity index (χ3n) is 6.64. The first-order valence-electron chi connectivity index (χ1n) is 10.7. The van der Waals surface area contributed by atoms with Crippen LogP contribution < -0.4 is 0 Å². The summed E-state index contributed by atoms with van der Waals surface area (Å²) in [5.74, 6) is -0.889. The first kappa shape index (κ1) is 20.0. The second-order valence-electron chi connectivity index (χ2n) is 8.39. The van der Waals surface area contributed by atoms with Gasteiger partial charge in [-0.2, -0.15) is 0 Å². The van der Waals surface area contributed by atoms with E-state index in [0.29, 0.717) is 29.8 Å². The Hall–Kier alpha value is -2.89. The molecule has 1 aliphatic heterocycles. The van der Waals surface area contributed by atoms with Gasteiger partial charge in [0.15, 0.2) is 5.78 Å². The van der Waals surface area contributed by atoms with Crippen LogP contribution in [0.1, 0.15) is 27.0 Å². The number of Topliss-reactive ketones (excluding diaryl/α,β-unsaturated/α-hetero) is 1. The van der Waals surface area contributed by atoms with Crippen LogP contribution in [0.5, 0.6) is 0 Å². The zero-order chi connectivity index (χ0) is 21.4. The number of rotatable bonds is 4. The van der Waals surface area contributed by atoms with Gasteiger partial charge in [-0.15, -0.1) is 0 Å². The molecule has 31 heavy (non-hydrogen) atoms. The minimum Gasteiger partial charge on any atom is -0.297 e. The lowest BCUT2D eigenvalue weighted by Gasteiger charge is -2.45. The Morgan fingerprint density at radius 3 is 2.29 bits per heavy atom. The van der Waals surface area contributed by atoms with Crippen LogP contribution in [0.2, 0.25) is 0 Å². The molecule has 0 N–H and O–H groups in total. The van der Waals surface area contributed by atoms with Gasteiger partial charge >= 0.3 is 0 Å². The van der Waals surface area contributed by atoms with Gasteiger partial charge in [0.05, 0.1) is 0 Å². The minimum atomic E-state index is -1.06. The van der Waals surface area contributed by atoms with Crippen molar-refractivity contribution in [3.63, 3.8) is 0 Å². The van der Waals surface area contributed by atoms with Crippen LogP contribution in [0.15, 0.2) is 72.8 Å². The molecule has 0 bridgehead atoms. The van der Waals surface area contributed by atoms with E-state index in [4.69, 9.17) is 0 Å². The van der Waals surface area contributed by atoms with Crippen molar-refractivity contribution >= 4 is 5.78 Å². The molecule has 1 unspecified atom stereocenters. The second kappa shape index (κ2) is 7.98. The molecular weight excluding hydrogens is 394 g/mol. The molecule has 1 heterocycles. The van der Waals surface area contributed by atoms with Crippen molar-refractivity contribution in [2.75, 3.05) is 26.2 Å². The average molecular weight is 418 g/mol. The Morgan fingerprint density at radius 1 is 0.839 bits per heavy atom. The number of nitrogens with zero attached hydrogens (tertiary/aromatic N) is 2. The predicted octanol–water partition coefficient (Wildman–Crippen LogP) is 4.42. The molecule has 3 aromatic rings. The second-order valence-corrected chi connectivity index (χ2v) is 8.39. The number of hydrogen-bond acceptors (Lipinski definition) is 3. The van der Waals surface area contributed by atoms with Gasteiger partial charge in [-0.25, -0.2) is 8.78 Å². The zero-order valence-electron chi connectivity index (χ0n) is 17.2. The van der Waals surface area contributed by atoms with Crippen molar-refractivity contribution in [2.45, 2.75) is 18.5 Å². The number of hydrogen-bond donors (Lipinski definition) is 0. The number of piperazine rings is 1. The molecule has 3 aromatic carbocycles. The van der Waals surface area contributed by atoms with E-state index in [1.165, 1.54) is 23.8 Å². The van der Waals surface area contributed by atoms with Crippen molar-refractivity contribution in [2.24, 2.45) is 0 Å². The van der Waals surface area contributed by atoms with Crippen LogP contribution in [0.25, 0.3) is 0 Å². The summed E-state index contributed by atoms with van der Waals surface area (Å²) in [7, 11) is 0. The number of benzene rings is 3. The average Bonchev–Trinajstić information content (AvgIpc) is 3.10. The van der Waals surface area contributed by atoms with Crippen LogP contribution in [-0.4, -0.2) is 41.8 Å². The monoisotopic (exact) mass is 418 g/mol. The molecule has 1 saturated heterocycles. The SMILES string of the molecule is O=C1c2cccc(F)c2CC1(c1cccc(F)c1)N1CCN(Cc2ccccc2)CC1. The van der Waals surface area contributed by atoms with Crippen molar-refractivity contribution < 1.29 is 13.6 Å². The molecule has 3 nitrogen and oxygen atoms in total. The molecule has 1 fully saturated rings. The Bertz CT molecular complexity index is 1110. The van der Waals surface area contributed by atoms with E-state index in [9.17, 15) is 13.6 Å². The van der Waals surface area contributed by atoms with E-state index < -0.39 is 5.54 Å². The number of carbonyl (C=O) groups excluding carboxylic acids is 1. The largest absolute Gasteiger partial charge is 0.297 e. The molecular formula is C26H24F2N2O. The fraction of sp³-hybridized carbons (Fsp3) is 0.269. The summed E-state index contributed by atoms with van der Waals surface area (Å²) < 4.78 is 28.8. The Kier molecular flexibility index (Phi) is 5.16. The standard InChI is InChI=1S/C26H24F2N2O/c27-21-9-4-8-20(16-21)26(17-23-22(25(26)31)10-5-11-24(23)28)30-14-12-29(13-15-30)18-19-6-2-1-3-7-19/h1-11,16H,12-15,17-18H2. The molecule has 0 spiro atoms. The molecule has 0 saturated carbocycles. The maximum atomic E-state index is 14.6. The fourth-order valence-electron chi connectivity index (χ4n) is 5.06. The van der Waals surface area contributed by atoms with E-state index in [0.717, 1.165) is 19.6 Å². The number of halogens is 2. The van der Waals surface area contributed by atoms with Crippen LogP contribution in [0, 0.1) is 11.6 Å². The van der Waals surface area contributed by atoms with Gasteiger partial charge in [-0.1, -0.05) is 54.6 Å². The lowest BCUT2D eigenvalue weighted by Crippen LogP contribution is -2.58. The van der Waals surface area contributed by atoms with Crippen LogP contribution in [0.4, 0.5) is 8.78 Å². The maximum absolute atomic E-state index is 14.6. The molecule has 0 aromatic heterocycles. The van der Waals surface area contributed by atoms with Crippen LogP contribution in [-0.2, 0) is 18.5 Å². The number of ketones is 1. The van der Waals surface area contributed by atoms with Gasteiger partial charge in [-0.05, 0) is 29.3 Å². The molecule has 5 rings (SSSR count). The van der Waals surface area contributed by atoms with E-state index in [2.05, 4.69) is 21.9 Å². The minimum absolute atomic E-state index is 0.135. The molecule has 0 radical (unpaired) electrons. The summed E-state index contributed by atoms with van der Waals surface area (Å²) in [6, 6.07) is 21.2. The molecule has 2 aliphatic rings. The summed E-state index contributed by atoms with van der Waals surface area (Å²) in [5.41, 5.74) is 1.64. The van der Waals surface area contributed by atoms with E-state index in [1.54, 1.807) is 24.3 Å². The predicted molar refractivity (Wildman–Crippen MR) is 116 cm³/mol. The third-order valence-corrected chi connectivity index (χ3v) is 6.64. The van der Waals surface area contributed by atoms with E-state index in [-0.39, 0.29) is 23.8 Å². The highest BCUT2D eigenvalue weighted by molar-refractivity contribution is 6.08. The molecule has 158 valence electrons. The highest BCUT2D eigenvalue weighted by atomic mass is 19.1. The Morgan fingerprint density at radius 2 is 1.58 bits per heavy atom. The summed E-state index contributed by atoms with van der Waals surface area (Å²) in [6.45, 7) is 3.75. The quantitative estimate of drug-likeness (QED) is 0.627. The Balaban J connectivity index is 1.46. The molecule has 0 amide bonds. The smallest absolute Gasteiger partial charge is 0.188 e. The van der Waals surface area contributed by atoms with Gasteiger partial charge < -0.3 is 0 Å². The normalized spacial score (nSPS) is 21.9. The first-order valence-corrected chi connectivity index (χ1v) is 10.7. The highest BCUT2D eigenvalue weighted by Gasteiger charge is 2.52. The first-order chi connectivity index (χ1) is 15.1. The van der Waals surface area contributed by atoms with Gasteiger partial charge in [0.25, 0.3) is 0 Å². The third kappa shape index (κ3) is 3.48. The lowest BCUT2D eigenvalue weighted by molar-refractivity contribution is 0.0286. The van der Waals surface area contributed by atoms with Gasteiger partial charge in [0.1, 0.15) is 17.2 Å². The summed E-state index contributed by atoms with van der Waals surface area (Å²) in [6.07, 6.45) is 0.232. The van der Waals surface area contributed by atoms with Crippen LogP contribution >= 0.6 is 0 Å². The summed E-state index contributed by atoms with van der Waals surface area (Å²) in [5, 5.41) is 0. The summed E-state index contributed by atoms with van der Waals surface area (Å²) in [4.78, 5) is 18.2. The maximum Gasteiger partial charge on any atom is 0.188 e. The van der Waals surface area contributed by atoms with E-state index in [1.807, 2.05) is 18.2 Å². The topological polar surface area (TPSA) is 23.6 Å². The van der Waals surface area contributed by atoms with Crippen molar-refractivity contribution in [1.82, 2.24) is 9.80 Å². The molecule has 1 atom stereocenters. The van der Waals surface area contributed by atoms with Crippen molar-refractivity contribution in [3.05, 3.63) is 107 Å². The van der Waals surface area contributed by atoms with Crippen molar-refractivity contribution in [1.29, 1.82) is 0 Å². The van der Waals surface area contributed by atoms with Gasteiger partial charge in [0, 0.05) is 50.3 Å². The lowest BCUT2D eigenvalue weighted by atomic mass is 9.83. The number of fused-ring (bicyclic) bond motifs is 1. The Labute approximate surface area is 180 Å². The van der Waals surface area contributed by atoms with E-state index >= 15 is 0 Å².